The molecule has 4 rings (SSSR count). The largest absolute Gasteiger partial charge is 0.319 e. The maximum absolute atomic E-state index is 12.5. The summed E-state index contributed by atoms with van der Waals surface area (Å²) < 4.78 is 3.56. The summed E-state index contributed by atoms with van der Waals surface area (Å²) in [4.78, 5) is 30.3. The van der Waals surface area contributed by atoms with Crippen LogP contribution in [0.3, 0.4) is 0 Å². The molecule has 0 atom stereocenters. The first kappa shape index (κ1) is 17.2. The van der Waals surface area contributed by atoms with E-state index < -0.39 is 11.7 Å². The minimum Gasteiger partial charge on any atom is -0.319 e. The minimum atomic E-state index is -0.676. The highest BCUT2D eigenvalue weighted by atomic mass is 32.1. The van der Waals surface area contributed by atoms with Crippen molar-refractivity contribution in [2.24, 2.45) is 7.05 Å². The molecular weight excluding hydrogens is 362 g/mol. The fourth-order valence-electron chi connectivity index (χ4n) is 2.99. The van der Waals surface area contributed by atoms with Crippen molar-refractivity contribution in [2.45, 2.75) is 13.8 Å². The van der Waals surface area contributed by atoms with Crippen molar-refractivity contribution in [2.75, 3.05) is 5.32 Å². The second-order valence-electron chi connectivity index (χ2n) is 6.25. The number of aromatic nitrogens is 4. The third kappa shape index (κ3) is 3.04. The van der Waals surface area contributed by atoms with Crippen molar-refractivity contribution >= 4 is 33.7 Å². The van der Waals surface area contributed by atoms with Crippen LogP contribution in [-0.4, -0.2) is 30.9 Å². The highest BCUT2D eigenvalue weighted by molar-refractivity contribution is 7.15. The molecule has 0 saturated carbocycles. The van der Waals surface area contributed by atoms with Gasteiger partial charge < -0.3 is 5.32 Å². The third-order valence-electron chi connectivity index (χ3n) is 4.47. The lowest BCUT2D eigenvalue weighted by Crippen LogP contribution is -2.24. The number of benzene rings is 1. The van der Waals surface area contributed by atoms with E-state index >= 15 is 0 Å². The van der Waals surface area contributed by atoms with Gasteiger partial charge in [0.25, 0.3) is 11.7 Å². The molecule has 1 N–H and O–H groups in total. The number of fused-ring (bicyclic) bond motifs is 1. The molecule has 0 spiro atoms. The van der Waals surface area contributed by atoms with Crippen molar-refractivity contribution in [3.8, 4) is 11.3 Å². The van der Waals surface area contributed by atoms with E-state index in [2.05, 4.69) is 15.4 Å². The fourth-order valence-corrected chi connectivity index (χ4v) is 3.69. The van der Waals surface area contributed by atoms with Gasteiger partial charge in [-0.05, 0) is 26.0 Å². The zero-order chi connectivity index (χ0) is 19.1. The molecule has 0 bridgehead atoms. The number of ketones is 1. The number of hydrogen-bond donors (Lipinski definition) is 1. The number of rotatable bonds is 4. The Balaban J connectivity index is 1.51. The number of hydrogen-bond acceptors (Lipinski definition) is 5. The number of imidazole rings is 1. The summed E-state index contributed by atoms with van der Waals surface area (Å²) in [5.41, 5.74) is 3.92. The first-order chi connectivity index (χ1) is 12.9. The van der Waals surface area contributed by atoms with E-state index in [1.165, 1.54) is 0 Å². The zero-order valence-corrected chi connectivity index (χ0v) is 15.9. The Morgan fingerprint density at radius 1 is 1.15 bits per heavy atom. The summed E-state index contributed by atoms with van der Waals surface area (Å²) in [7, 11) is 1.75. The standard InChI is InChI=1S/C19H17N5O2S/c1-11-16(12(2)23(3)22-11)17(25)18(26)20-14-6-4-13(5-7-14)15-10-24-8-9-27-19(24)21-15/h4-10H,1-3H3,(H,20,26). The average molecular weight is 379 g/mol. The van der Waals surface area contributed by atoms with Crippen molar-refractivity contribution < 1.29 is 9.59 Å². The number of thiazole rings is 1. The minimum absolute atomic E-state index is 0.352. The monoisotopic (exact) mass is 379 g/mol. The number of carbonyl (C=O) groups excluding carboxylic acids is 2. The number of Topliss-reactive ketones (excluding diaryl/α,β-unsaturated/α-hetero) is 1. The third-order valence-corrected chi connectivity index (χ3v) is 5.24. The van der Waals surface area contributed by atoms with Crippen molar-refractivity contribution in [1.29, 1.82) is 0 Å². The Labute approximate surface area is 159 Å². The molecule has 27 heavy (non-hydrogen) atoms. The first-order valence-corrected chi connectivity index (χ1v) is 9.20. The van der Waals surface area contributed by atoms with E-state index in [1.54, 1.807) is 49.0 Å². The molecule has 3 aromatic heterocycles. The van der Waals surface area contributed by atoms with Crippen LogP contribution in [0.4, 0.5) is 5.69 Å². The van der Waals surface area contributed by atoms with Gasteiger partial charge in [0, 0.05) is 41.8 Å². The normalized spacial score (nSPS) is 11.1. The fraction of sp³-hybridized carbons (Fsp3) is 0.158. The van der Waals surface area contributed by atoms with Gasteiger partial charge in [-0.1, -0.05) is 12.1 Å². The summed E-state index contributed by atoms with van der Waals surface area (Å²) in [5, 5.41) is 8.82. The molecule has 8 heteroatoms. The average Bonchev–Trinajstić information content (AvgIpc) is 3.30. The second-order valence-corrected chi connectivity index (χ2v) is 7.12. The van der Waals surface area contributed by atoms with Crippen LogP contribution in [0.5, 0.6) is 0 Å². The molecule has 7 nitrogen and oxygen atoms in total. The van der Waals surface area contributed by atoms with Gasteiger partial charge in [0.05, 0.1) is 17.0 Å². The van der Waals surface area contributed by atoms with Gasteiger partial charge in [-0.2, -0.15) is 5.10 Å². The van der Waals surface area contributed by atoms with E-state index in [0.29, 0.717) is 22.6 Å². The number of anilines is 1. The number of carbonyl (C=O) groups is 2. The van der Waals surface area contributed by atoms with Gasteiger partial charge in [-0.25, -0.2) is 4.98 Å². The molecule has 4 aromatic rings. The van der Waals surface area contributed by atoms with Crippen LogP contribution in [0.1, 0.15) is 21.7 Å². The lowest BCUT2D eigenvalue weighted by atomic mass is 10.1. The van der Waals surface area contributed by atoms with Crippen LogP contribution in [0.25, 0.3) is 16.2 Å². The van der Waals surface area contributed by atoms with Gasteiger partial charge in [-0.3, -0.25) is 18.7 Å². The molecule has 1 amide bonds. The van der Waals surface area contributed by atoms with Crippen LogP contribution in [-0.2, 0) is 11.8 Å². The Hall–Kier alpha value is -3.26. The summed E-state index contributed by atoms with van der Waals surface area (Å²) in [6.45, 7) is 3.49. The molecular formula is C19H17N5O2S. The highest BCUT2D eigenvalue weighted by Crippen LogP contribution is 2.23. The first-order valence-electron chi connectivity index (χ1n) is 8.32. The quantitative estimate of drug-likeness (QED) is 0.436. The van der Waals surface area contributed by atoms with Gasteiger partial charge in [0.2, 0.25) is 0 Å². The molecule has 0 fully saturated rings. The molecule has 3 heterocycles. The number of nitrogens with zero attached hydrogens (tertiary/aromatic N) is 4. The van der Waals surface area contributed by atoms with Crippen LogP contribution in [0, 0.1) is 13.8 Å². The van der Waals surface area contributed by atoms with E-state index in [1.807, 2.05) is 34.3 Å². The van der Waals surface area contributed by atoms with Gasteiger partial charge in [0.15, 0.2) is 4.96 Å². The van der Waals surface area contributed by atoms with Crippen molar-refractivity contribution in [3.63, 3.8) is 0 Å². The topological polar surface area (TPSA) is 81.3 Å². The maximum atomic E-state index is 12.5. The molecule has 0 aliphatic rings. The molecule has 136 valence electrons. The lowest BCUT2D eigenvalue weighted by molar-refractivity contribution is -0.112. The van der Waals surface area contributed by atoms with Crippen LogP contribution < -0.4 is 5.32 Å². The number of amides is 1. The van der Waals surface area contributed by atoms with E-state index in [-0.39, 0.29) is 0 Å². The molecule has 0 unspecified atom stereocenters. The molecule has 0 saturated heterocycles. The molecule has 0 radical (unpaired) electrons. The second kappa shape index (κ2) is 6.48. The number of nitrogens with one attached hydrogen (secondary N) is 1. The van der Waals surface area contributed by atoms with Gasteiger partial charge >= 0.3 is 0 Å². The van der Waals surface area contributed by atoms with Crippen LogP contribution >= 0.6 is 11.3 Å². The molecule has 0 aliphatic heterocycles. The van der Waals surface area contributed by atoms with Gasteiger partial charge in [0.1, 0.15) is 0 Å². The van der Waals surface area contributed by atoms with Crippen LogP contribution in [0.2, 0.25) is 0 Å². The van der Waals surface area contributed by atoms with Crippen molar-refractivity contribution in [3.05, 3.63) is 59.0 Å². The highest BCUT2D eigenvalue weighted by Gasteiger charge is 2.23. The SMILES string of the molecule is Cc1nn(C)c(C)c1C(=O)C(=O)Nc1ccc(-c2cn3ccsc3n2)cc1. The number of aryl methyl sites for hydroxylation is 2. The van der Waals surface area contributed by atoms with Crippen LogP contribution in [0.15, 0.2) is 42.0 Å². The summed E-state index contributed by atoms with van der Waals surface area (Å²) in [5.74, 6) is -1.26. The van der Waals surface area contributed by atoms with E-state index in [0.717, 1.165) is 16.2 Å². The Kier molecular flexibility index (Phi) is 4.12. The van der Waals surface area contributed by atoms with Gasteiger partial charge in [-0.15, -0.1) is 11.3 Å². The Morgan fingerprint density at radius 2 is 1.89 bits per heavy atom. The summed E-state index contributed by atoms with van der Waals surface area (Å²) in [6, 6.07) is 7.26. The predicted molar refractivity (Wildman–Crippen MR) is 104 cm³/mol. The molecule has 1 aromatic carbocycles. The zero-order valence-electron chi connectivity index (χ0n) is 15.1. The maximum Gasteiger partial charge on any atom is 0.296 e. The Morgan fingerprint density at radius 3 is 2.52 bits per heavy atom. The molecule has 0 aliphatic carbocycles. The summed E-state index contributed by atoms with van der Waals surface area (Å²) in [6.07, 6.45) is 3.91. The Bertz CT molecular complexity index is 1140. The van der Waals surface area contributed by atoms with Crippen molar-refractivity contribution in [1.82, 2.24) is 19.2 Å². The lowest BCUT2D eigenvalue weighted by Gasteiger charge is -2.06. The van der Waals surface area contributed by atoms with E-state index in [4.69, 9.17) is 0 Å². The van der Waals surface area contributed by atoms with E-state index in [9.17, 15) is 9.59 Å². The summed E-state index contributed by atoms with van der Waals surface area (Å²) >= 11 is 1.57. The smallest absolute Gasteiger partial charge is 0.296 e. The predicted octanol–water partition coefficient (Wildman–Crippen LogP) is 3.23.